The van der Waals surface area contributed by atoms with E-state index in [4.69, 9.17) is 0 Å². The molecule has 3 aromatic rings. The van der Waals surface area contributed by atoms with Crippen LogP contribution in [0.15, 0.2) is 46.3 Å². The number of aromatic nitrogens is 4. The number of hydrogen-bond donors (Lipinski definition) is 1. The molecule has 7 nitrogen and oxygen atoms in total. The van der Waals surface area contributed by atoms with E-state index in [9.17, 15) is 9.59 Å². The van der Waals surface area contributed by atoms with E-state index in [-0.39, 0.29) is 17.9 Å². The Morgan fingerprint density at radius 2 is 2.22 bits per heavy atom. The molecule has 23 heavy (non-hydrogen) atoms. The fourth-order valence-electron chi connectivity index (χ4n) is 1.96. The van der Waals surface area contributed by atoms with Gasteiger partial charge in [-0.3, -0.25) is 14.2 Å². The van der Waals surface area contributed by atoms with E-state index in [0.29, 0.717) is 22.9 Å². The average molecular weight is 327 g/mol. The van der Waals surface area contributed by atoms with Crippen molar-refractivity contribution in [3.05, 3.63) is 57.4 Å². The highest BCUT2D eigenvalue weighted by atomic mass is 32.1. The number of hydrogen-bond acceptors (Lipinski definition) is 7. The molecule has 3 heterocycles. The predicted molar refractivity (Wildman–Crippen MR) is 87.6 cm³/mol. The summed E-state index contributed by atoms with van der Waals surface area (Å²) in [4.78, 5) is 36.4. The second-order valence-electron chi connectivity index (χ2n) is 4.75. The number of rotatable bonds is 5. The van der Waals surface area contributed by atoms with E-state index in [1.807, 2.05) is 5.38 Å². The summed E-state index contributed by atoms with van der Waals surface area (Å²) in [5.41, 5.74) is 1.38. The van der Waals surface area contributed by atoms with E-state index < -0.39 is 0 Å². The zero-order valence-corrected chi connectivity index (χ0v) is 13.1. The van der Waals surface area contributed by atoms with Gasteiger partial charge in [0.05, 0.1) is 17.9 Å². The minimum absolute atomic E-state index is 0.0598. The molecule has 0 amide bonds. The van der Waals surface area contributed by atoms with Gasteiger partial charge in [0.25, 0.3) is 5.56 Å². The van der Waals surface area contributed by atoms with Crippen LogP contribution in [0.4, 0.5) is 5.95 Å². The standard InChI is InChI=1S/C15H13N5O2S/c1-20-14(22)6-12(11-2-4-16-9-18-11)19-15(20)17-7-13(21)10-3-5-23-8-10/h2-6,8-9H,7H2,1H3,(H,17,19). The highest BCUT2D eigenvalue weighted by Gasteiger charge is 2.11. The summed E-state index contributed by atoms with van der Waals surface area (Å²) in [7, 11) is 1.59. The molecule has 0 fully saturated rings. The Kier molecular flexibility index (Phi) is 4.24. The molecule has 0 aliphatic rings. The Labute approximate surface area is 135 Å². The molecule has 116 valence electrons. The Hall–Kier alpha value is -2.87. The van der Waals surface area contributed by atoms with Gasteiger partial charge in [0, 0.05) is 30.3 Å². The number of nitrogens with one attached hydrogen (secondary N) is 1. The highest BCUT2D eigenvalue weighted by molar-refractivity contribution is 7.08. The predicted octanol–water partition coefficient (Wildman–Crippen LogP) is 1.59. The number of ketones is 1. The SMILES string of the molecule is Cn1c(NCC(=O)c2ccsc2)nc(-c2ccncn2)cc1=O. The maximum absolute atomic E-state index is 12.1. The molecule has 8 heteroatoms. The van der Waals surface area contributed by atoms with Crippen LogP contribution in [0.2, 0.25) is 0 Å². The first kappa shape index (κ1) is 15.0. The van der Waals surface area contributed by atoms with Gasteiger partial charge < -0.3 is 5.32 Å². The Morgan fingerprint density at radius 3 is 2.91 bits per heavy atom. The van der Waals surface area contributed by atoms with Gasteiger partial charge in [0.1, 0.15) is 6.33 Å². The van der Waals surface area contributed by atoms with Gasteiger partial charge >= 0.3 is 0 Å². The van der Waals surface area contributed by atoms with Gasteiger partial charge in [-0.1, -0.05) is 0 Å². The lowest BCUT2D eigenvalue weighted by atomic mass is 10.2. The van der Waals surface area contributed by atoms with Crippen LogP contribution in [-0.2, 0) is 7.05 Å². The van der Waals surface area contributed by atoms with Crippen molar-refractivity contribution < 1.29 is 4.79 Å². The van der Waals surface area contributed by atoms with Crippen molar-refractivity contribution in [1.29, 1.82) is 0 Å². The molecule has 3 aromatic heterocycles. The Morgan fingerprint density at radius 1 is 1.35 bits per heavy atom. The molecule has 3 rings (SSSR count). The van der Waals surface area contributed by atoms with Crippen LogP contribution in [0.1, 0.15) is 10.4 Å². The summed E-state index contributed by atoms with van der Waals surface area (Å²) < 4.78 is 1.35. The number of carbonyl (C=O) groups excluding carboxylic acids is 1. The summed E-state index contributed by atoms with van der Waals surface area (Å²) in [6, 6.07) is 4.83. The molecule has 0 aliphatic carbocycles. The van der Waals surface area contributed by atoms with Crippen LogP contribution in [-0.4, -0.2) is 31.8 Å². The summed E-state index contributed by atoms with van der Waals surface area (Å²) in [5.74, 6) is 0.252. The molecule has 1 N–H and O–H groups in total. The first-order chi connectivity index (χ1) is 11.1. The maximum Gasteiger partial charge on any atom is 0.255 e. The van der Waals surface area contributed by atoms with E-state index >= 15 is 0 Å². The molecule has 0 aliphatic heterocycles. The fourth-order valence-corrected chi connectivity index (χ4v) is 2.62. The topological polar surface area (TPSA) is 89.8 Å². The lowest BCUT2D eigenvalue weighted by Gasteiger charge is -2.10. The third-order valence-corrected chi connectivity index (χ3v) is 3.91. The summed E-state index contributed by atoms with van der Waals surface area (Å²) in [6.07, 6.45) is 2.97. The van der Waals surface area contributed by atoms with Gasteiger partial charge in [-0.05, 0) is 17.5 Å². The smallest absolute Gasteiger partial charge is 0.255 e. The molecule has 0 bridgehead atoms. The number of nitrogens with zero attached hydrogens (tertiary/aromatic N) is 4. The van der Waals surface area contributed by atoms with E-state index in [1.54, 1.807) is 30.8 Å². The van der Waals surface area contributed by atoms with Crippen LogP contribution in [0.3, 0.4) is 0 Å². The van der Waals surface area contributed by atoms with Gasteiger partial charge in [0.15, 0.2) is 5.78 Å². The third-order valence-electron chi connectivity index (χ3n) is 3.23. The Bertz CT molecular complexity index is 875. The highest BCUT2D eigenvalue weighted by Crippen LogP contribution is 2.13. The Balaban J connectivity index is 1.86. The van der Waals surface area contributed by atoms with Gasteiger partial charge in [-0.2, -0.15) is 11.3 Å². The van der Waals surface area contributed by atoms with E-state index in [1.165, 1.54) is 28.3 Å². The first-order valence-corrected chi connectivity index (χ1v) is 7.73. The number of anilines is 1. The molecular weight excluding hydrogens is 314 g/mol. The largest absolute Gasteiger partial charge is 0.348 e. The van der Waals surface area contributed by atoms with Crippen LogP contribution < -0.4 is 10.9 Å². The molecule has 0 saturated carbocycles. The summed E-state index contributed by atoms with van der Waals surface area (Å²) in [6.45, 7) is 0.0598. The molecule has 0 radical (unpaired) electrons. The van der Waals surface area contributed by atoms with Crippen molar-refractivity contribution in [2.45, 2.75) is 0 Å². The number of thiophene rings is 1. The number of carbonyl (C=O) groups is 1. The minimum Gasteiger partial charge on any atom is -0.348 e. The molecule has 0 unspecified atom stereocenters. The zero-order valence-electron chi connectivity index (χ0n) is 12.3. The van der Waals surface area contributed by atoms with Crippen LogP contribution in [0.25, 0.3) is 11.4 Å². The maximum atomic E-state index is 12.1. The molecule has 0 aromatic carbocycles. The molecule has 0 saturated heterocycles. The minimum atomic E-state index is -0.237. The van der Waals surface area contributed by atoms with Gasteiger partial charge in [-0.15, -0.1) is 0 Å². The van der Waals surface area contributed by atoms with Crippen LogP contribution >= 0.6 is 11.3 Å². The van der Waals surface area contributed by atoms with Crippen molar-refractivity contribution in [3.63, 3.8) is 0 Å². The summed E-state index contributed by atoms with van der Waals surface area (Å²) in [5, 5.41) is 6.55. The first-order valence-electron chi connectivity index (χ1n) is 6.79. The van der Waals surface area contributed by atoms with Crippen LogP contribution in [0.5, 0.6) is 0 Å². The second kappa shape index (κ2) is 6.49. The van der Waals surface area contributed by atoms with Crippen molar-refractivity contribution >= 4 is 23.1 Å². The van der Waals surface area contributed by atoms with Crippen molar-refractivity contribution in [3.8, 4) is 11.4 Å². The van der Waals surface area contributed by atoms with Gasteiger partial charge in [0.2, 0.25) is 5.95 Å². The molecule has 0 spiro atoms. The second-order valence-corrected chi connectivity index (χ2v) is 5.53. The molecular formula is C15H13N5O2S. The van der Waals surface area contributed by atoms with Gasteiger partial charge in [-0.25, -0.2) is 15.0 Å². The lowest BCUT2D eigenvalue weighted by Crippen LogP contribution is -2.24. The quantitative estimate of drug-likeness (QED) is 0.716. The van der Waals surface area contributed by atoms with Crippen molar-refractivity contribution in [2.75, 3.05) is 11.9 Å². The third kappa shape index (κ3) is 3.32. The lowest BCUT2D eigenvalue weighted by molar-refractivity contribution is 0.101. The monoisotopic (exact) mass is 327 g/mol. The number of Topliss-reactive ketones (excluding diaryl/α,β-unsaturated/α-hetero) is 1. The van der Waals surface area contributed by atoms with Crippen LogP contribution in [0, 0.1) is 0 Å². The average Bonchev–Trinajstić information content (AvgIpc) is 3.11. The normalized spacial score (nSPS) is 10.5. The van der Waals surface area contributed by atoms with E-state index in [0.717, 1.165) is 0 Å². The summed E-state index contributed by atoms with van der Waals surface area (Å²) >= 11 is 1.46. The molecule has 0 atom stereocenters. The zero-order chi connectivity index (χ0) is 16.2. The van der Waals surface area contributed by atoms with E-state index in [2.05, 4.69) is 20.3 Å². The van der Waals surface area contributed by atoms with Crippen molar-refractivity contribution in [1.82, 2.24) is 19.5 Å². The van der Waals surface area contributed by atoms with Crippen molar-refractivity contribution in [2.24, 2.45) is 7.05 Å². The fraction of sp³-hybridized carbons (Fsp3) is 0.133.